The van der Waals surface area contributed by atoms with Crippen LogP contribution in [-0.2, 0) is 6.54 Å². The maximum atomic E-state index is 11.9. The first-order valence-corrected chi connectivity index (χ1v) is 5.06. The van der Waals surface area contributed by atoms with Crippen molar-refractivity contribution in [3.63, 3.8) is 0 Å². The summed E-state index contributed by atoms with van der Waals surface area (Å²) in [4.78, 5) is 0. The van der Waals surface area contributed by atoms with Crippen molar-refractivity contribution in [3.8, 4) is 5.75 Å². The van der Waals surface area contributed by atoms with Gasteiger partial charge in [-0.3, -0.25) is 0 Å². The molecule has 0 saturated heterocycles. The lowest BCUT2D eigenvalue weighted by molar-refractivity contribution is -0.0497. The van der Waals surface area contributed by atoms with Gasteiger partial charge in [-0.05, 0) is 17.7 Å². The van der Waals surface area contributed by atoms with Crippen LogP contribution in [0.1, 0.15) is 5.56 Å². The third-order valence-electron chi connectivity index (χ3n) is 1.83. The summed E-state index contributed by atoms with van der Waals surface area (Å²) in [5, 5.41) is 11.6. The van der Waals surface area contributed by atoms with E-state index in [1.54, 1.807) is 12.1 Å². The first-order valence-electron chi connectivity index (χ1n) is 4.68. The van der Waals surface area contributed by atoms with Crippen LogP contribution in [0.4, 0.5) is 8.78 Å². The highest BCUT2D eigenvalue weighted by Gasteiger charge is 2.08. The molecule has 0 radical (unpaired) electrons. The highest BCUT2D eigenvalue weighted by Crippen LogP contribution is 2.26. The zero-order valence-corrected chi connectivity index (χ0v) is 9.18. The number of hydrogen-bond donors (Lipinski definition) is 2. The van der Waals surface area contributed by atoms with Gasteiger partial charge in [0.25, 0.3) is 0 Å². The molecule has 0 atom stereocenters. The van der Waals surface area contributed by atoms with Gasteiger partial charge in [0.15, 0.2) is 0 Å². The smallest absolute Gasteiger partial charge is 0.387 e. The normalized spacial score (nSPS) is 10.8. The number of nitrogens with one attached hydrogen (secondary N) is 1. The quantitative estimate of drug-likeness (QED) is 0.760. The van der Waals surface area contributed by atoms with Crippen LogP contribution in [0, 0.1) is 0 Å². The molecule has 0 aliphatic carbocycles. The van der Waals surface area contributed by atoms with Gasteiger partial charge in [0, 0.05) is 13.1 Å². The Morgan fingerprint density at radius 2 is 2.19 bits per heavy atom. The average molecular weight is 252 g/mol. The maximum absolute atomic E-state index is 11.9. The van der Waals surface area contributed by atoms with Crippen LogP contribution >= 0.6 is 11.6 Å². The molecular formula is C10H12ClF2NO2. The molecule has 3 nitrogen and oxygen atoms in total. The second kappa shape index (κ2) is 6.62. The summed E-state index contributed by atoms with van der Waals surface area (Å²) in [6, 6.07) is 4.57. The molecule has 0 saturated carbocycles. The summed E-state index contributed by atoms with van der Waals surface area (Å²) in [6.45, 7) is -1.86. The molecule has 0 heterocycles. The fourth-order valence-electron chi connectivity index (χ4n) is 1.16. The molecule has 16 heavy (non-hydrogen) atoms. The van der Waals surface area contributed by atoms with Crippen LogP contribution in [0.2, 0.25) is 5.02 Å². The van der Waals surface area contributed by atoms with Crippen molar-refractivity contribution in [2.24, 2.45) is 0 Å². The summed E-state index contributed by atoms with van der Waals surface area (Å²) in [5.41, 5.74) is 0.833. The Hall–Kier alpha value is -0.910. The third-order valence-corrected chi connectivity index (χ3v) is 2.13. The summed E-state index contributed by atoms with van der Waals surface area (Å²) < 4.78 is 28.1. The van der Waals surface area contributed by atoms with Gasteiger partial charge in [0.2, 0.25) is 0 Å². The molecular weight excluding hydrogens is 240 g/mol. The highest BCUT2D eigenvalue weighted by atomic mass is 35.5. The molecule has 0 fully saturated rings. The summed E-state index contributed by atoms with van der Waals surface area (Å²) in [6.07, 6.45) is 0. The third kappa shape index (κ3) is 4.30. The molecule has 2 N–H and O–H groups in total. The summed E-state index contributed by atoms with van der Waals surface area (Å²) >= 11 is 5.75. The van der Waals surface area contributed by atoms with E-state index < -0.39 is 6.61 Å². The van der Waals surface area contributed by atoms with Gasteiger partial charge in [-0.2, -0.15) is 8.78 Å². The van der Waals surface area contributed by atoms with Gasteiger partial charge in [0.1, 0.15) is 5.75 Å². The number of benzene rings is 1. The maximum Gasteiger partial charge on any atom is 0.387 e. The van der Waals surface area contributed by atoms with Crippen LogP contribution in [0.15, 0.2) is 18.2 Å². The fourth-order valence-corrected chi connectivity index (χ4v) is 1.41. The predicted molar refractivity (Wildman–Crippen MR) is 56.9 cm³/mol. The van der Waals surface area contributed by atoms with Crippen LogP contribution in [-0.4, -0.2) is 24.9 Å². The number of ether oxygens (including phenoxy) is 1. The second-order valence-electron chi connectivity index (χ2n) is 3.04. The number of rotatable bonds is 6. The zero-order valence-electron chi connectivity index (χ0n) is 8.42. The van der Waals surface area contributed by atoms with E-state index in [1.165, 1.54) is 6.07 Å². The molecule has 1 aromatic rings. The largest absolute Gasteiger partial charge is 0.433 e. The fraction of sp³-hybridized carbons (Fsp3) is 0.400. The Kier molecular flexibility index (Phi) is 5.45. The van der Waals surface area contributed by atoms with Crippen molar-refractivity contribution in [2.75, 3.05) is 13.2 Å². The molecule has 6 heteroatoms. The lowest BCUT2D eigenvalue weighted by Crippen LogP contribution is -2.17. The van der Waals surface area contributed by atoms with E-state index in [4.69, 9.17) is 16.7 Å². The van der Waals surface area contributed by atoms with Gasteiger partial charge in [0.05, 0.1) is 11.6 Å². The molecule has 0 aliphatic heterocycles. The minimum Gasteiger partial charge on any atom is -0.433 e. The molecule has 90 valence electrons. The van der Waals surface area contributed by atoms with E-state index in [2.05, 4.69) is 10.1 Å². The van der Waals surface area contributed by atoms with Crippen molar-refractivity contribution in [3.05, 3.63) is 28.8 Å². The Labute approximate surface area is 97.0 Å². The van der Waals surface area contributed by atoms with Gasteiger partial charge >= 0.3 is 6.61 Å². The Morgan fingerprint density at radius 1 is 1.44 bits per heavy atom. The SMILES string of the molecule is OCCNCc1ccc(OC(F)F)c(Cl)c1. The zero-order chi connectivity index (χ0) is 12.0. The summed E-state index contributed by atoms with van der Waals surface area (Å²) in [7, 11) is 0. The van der Waals surface area contributed by atoms with Crippen molar-refractivity contribution >= 4 is 11.6 Å². The Bertz CT molecular complexity index is 337. The molecule has 0 aliphatic rings. The van der Waals surface area contributed by atoms with Crippen molar-refractivity contribution in [1.82, 2.24) is 5.32 Å². The molecule has 1 aromatic carbocycles. The van der Waals surface area contributed by atoms with Crippen molar-refractivity contribution < 1.29 is 18.6 Å². The van der Waals surface area contributed by atoms with Crippen LogP contribution in [0.25, 0.3) is 0 Å². The number of aliphatic hydroxyl groups excluding tert-OH is 1. The number of aliphatic hydroxyl groups is 1. The highest BCUT2D eigenvalue weighted by molar-refractivity contribution is 6.32. The first kappa shape index (κ1) is 13.2. The minimum absolute atomic E-state index is 0.0393. The lowest BCUT2D eigenvalue weighted by atomic mass is 10.2. The van der Waals surface area contributed by atoms with Gasteiger partial charge < -0.3 is 15.2 Å². The minimum atomic E-state index is -2.88. The van der Waals surface area contributed by atoms with E-state index in [1.807, 2.05) is 0 Å². The first-order chi connectivity index (χ1) is 7.63. The van der Waals surface area contributed by atoms with Gasteiger partial charge in [-0.15, -0.1) is 0 Å². The molecule has 0 bridgehead atoms. The second-order valence-corrected chi connectivity index (χ2v) is 3.45. The van der Waals surface area contributed by atoms with E-state index in [0.717, 1.165) is 5.56 Å². The standard InChI is InChI=1S/C10H12ClF2NO2/c11-8-5-7(6-14-3-4-15)1-2-9(8)16-10(12)13/h1-2,5,10,14-15H,3-4,6H2. The van der Waals surface area contributed by atoms with Crippen molar-refractivity contribution in [1.29, 1.82) is 0 Å². The van der Waals surface area contributed by atoms with Crippen LogP contribution in [0.3, 0.4) is 0 Å². The van der Waals surface area contributed by atoms with Crippen molar-refractivity contribution in [2.45, 2.75) is 13.2 Å². The van der Waals surface area contributed by atoms with Crippen LogP contribution < -0.4 is 10.1 Å². The number of alkyl halides is 2. The molecule has 0 spiro atoms. The average Bonchev–Trinajstić information content (AvgIpc) is 2.22. The van der Waals surface area contributed by atoms with Gasteiger partial charge in [-0.1, -0.05) is 17.7 Å². The van der Waals surface area contributed by atoms with Gasteiger partial charge in [-0.25, -0.2) is 0 Å². The van der Waals surface area contributed by atoms with E-state index in [0.29, 0.717) is 13.1 Å². The number of hydrogen-bond acceptors (Lipinski definition) is 3. The molecule has 1 rings (SSSR count). The lowest BCUT2D eigenvalue weighted by Gasteiger charge is -2.08. The topological polar surface area (TPSA) is 41.5 Å². The molecule has 0 aromatic heterocycles. The Balaban J connectivity index is 2.60. The summed E-state index contributed by atoms with van der Waals surface area (Å²) in [5.74, 6) is -0.0393. The Morgan fingerprint density at radius 3 is 2.75 bits per heavy atom. The van der Waals surface area contributed by atoms with E-state index in [-0.39, 0.29) is 17.4 Å². The molecule has 0 amide bonds. The van der Waals surface area contributed by atoms with E-state index in [9.17, 15) is 8.78 Å². The van der Waals surface area contributed by atoms with Crippen LogP contribution in [0.5, 0.6) is 5.75 Å². The number of halogens is 3. The molecule has 0 unspecified atom stereocenters. The monoisotopic (exact) mass is 251 g/mol. The predicted octanol–water partition coefficient (Wildman–Crippen LogP) is 2.02. The van der Waals surface area contributed by atoms with E-state index >= 15 is 0 Å².